The van der Waals surface area contributed by atoms with Crippen LogP contribution in [0, 0.1) is 12.7 Å². The highest BCUT2D eigenvalue weighted by Gasteiger charge is 2.35. The van der Waals surface area contributed by atoms with Gasteiger partial charge in [0.25, 0.3) is 0 Å². The molecule has 1 aromatic carbocycles. The van der Waals surface area contributed by atoms with Gasteiger partial charge < -0.3 is 5.73 Å². The fraction of sp³-hybridized carbons (Fsp3) is 0.400. The molecule has 0 radical (unpaired) electrons. The fourth-order valence-corrected chi connectivity index (χ4v) is 2.87. The van der Waals surface area contributed by atoms with Crippen LogP contribution in [0.3, 0.4) is 0 Å². The van der Waals surface area contributed by atoms with E-state index in [0.29, 0.717) is 0 Å². The van der Waals surface area contributed by atoms with E-state index < -0.39 is 33.5 Å². The summed E-state index contributed by atoms with van der Waals surface area (Å²) >= 11 is 0. The second-order valence-electron chi connectivity index (χ2n) is 4.00. The van der Waals surface area contributed by atoms with Crippen LogP contribution < -0.4 is 5.73 Å². The van der Waals surface area contributed by atoms with Crippen LogP contribution in [0.5, 0.6) is 0 Å². The number of nitrogens with zero attached hydrogens (tertiary/aromatic N) is 1. The van der Waals surface area contributed by atoms with E-state index in [1.807, 2.05) is 0 Å². The third kappa shape index (κ3) is 3.57. The second kappa shape index (κ2) is 4.97. The molecule has 0 bridgehead atoms. The summed E-state index contributed by atoms with van der Waals surface area (Å²) in [6, 6.07) is 1.83. The Morgan fingerprint density at radius 2 is 1.84 bits per heavy atom. The Hall–Kier alpha value is -1.35. The van der Waals surface area contributed by atoms with Gasteiger partial charge >= 0.3 is 6.18 Å². The SMILES string of the molecule is Cc1c(F)cc(N)cc1S(=O)(=O)N(C)CC(F)(F)F. The zero-order valence-corrected chi connectivity index (χ0v) is 10.9. The number of nitrogen functional groups attached to an aromatic ring is 1. The molecule has 0 heterocycles. The van der Waals surface area contributed by atoms with Crippen molar-refractivity contribution in [1.29, 1.82) is 0 Å². The molecule has 1 aromatic rings. The first-order valence-electron chi connectivity index (χ1n) is 5.04. The van der Waals surface area contributed by atoms with Crippen LogP contribution in [-0.4, -0.2) is 32.5 Å². The smallest absolute Gasteiger partial charge is 0.399 e. The number of anilines is 1. The van der Waals surface area contributed by atoms with Gasteiger partial charge in [0.15, 0.2) is 0 Å². The Morgan fingerprint density at radius 3 is 2.32 bits per heavy atom. The van der Waals surface area contributed by atoms with E-state index in [4.69, 9.17) is 5.73 Å². The summed E-state index contributed by atoms with van der Waals surface area (Å²) in [6.07, 6.45) is -4.69. The van der Waals surface area contributed by atoms with E-state index in [2.05, 4.69) is 0 Å². The number of sulfonamides is 1. The lowest BCUT2D eigenvalue weighted by atomic mass is 10.2. The molecular formula is C10H12F4N2O2S. The first-order valence-corrected chi connectivity index (χ1v) is 6.48. The molecule has 0 unspecified atom stereocenters. The minimum atomic E-state index is -4.69. The average Bonchev–Trinajstić information content (AvgIpc) is 2.20. The molecule has 0 saturated carbocycles. The first kappa shape index (κ1) is 15.7. The van der Waals surface area contributed by atoms with Crippen LogP contribution in [-0.2, 0) is 10.0 Å². The molecule has 0 fully saturated rings. The van der Waals surface area contributed by atoms with Gasteiger partial charge in [-0.3, -0.25) is 0 Å². The second-order valence-corrected chi connectivity index (χ2v) is 6.02. The van der Waals surface area contributed by atoms with Crippen LogP contribution in [0.2, 0.25) is 0 Å². The van der Waals surface area contributed by atoms with E-state index in [-0.39, 0.29) is 15.6 Å². The molecule has 0 aliphatic rings. The highest BCUT2D eigenvalue weighted by Crippen LogP contribution is 2.26. The molecule has 0 aromatic heterocycles. The molecule has 19 heavy (non-hydrogen) atoms. The molecule has 1 rings (SSSR count). The van der Waals surface area contributed by atoms with Gasteiger partial charge in [0.2, 0.25) is 10.0 Å². The Balaban J connectivity index is 3.28. The number of rotatable bonds is 3. The zero-order chi connectivity index (χ0) is 15.0. The van der Waals surface area contributed by atoms with E-state index in [9.17, 15) is 26.0 Å². The number of hydrogen-bond donors (Lipinski definition) is 1. The van der Waals surface area contributed by atoms with Crippen molar-refractivity contribution < 1.29 is 26.0 Å². The van der Waals surface area contributed by atoms with Crippen molar-refractivity contribution in [2.75, 3.05) is 19.3 Å². The number of hydrogen-bond acceptors (Lipinski definition) is 3. The Bertz CT molecular complexity index is 584. The fourth-order valence-electron chi connectivity index (χ4n) is 1.45. The standard InChI is InChI=1S/C10H12F4N2O2S/c1-6-8(11)3-7(15)4-9(6)19(17,18)16(2)5-10(12,13)14/h3-4H,5,15H2,1-2H3. The quantitative estimate of drug-likeness (QED) is 0.685. The predicted molar refractivity (Wildman–Crippen MR) is 61.4 cm³/mol. The lowest BCUT2D eigenvalue weighted by molar-refractivity contribution is -0.134. The largest absolute Gasteiger partial charge is 0.402 e. The zero-order valence-electron chi connectivity index (χ0n) is 10.1. The van der Waals surface area contributed by atoms with Crippen LogP contribution in [0.25, 0.3) is 0 Å². The number of nitrogens with two attached hydrogens (primary N) is 1. The summed E-state index contributed by atoms with van der Waals surface area (Å²) < 4.78 is 74.0. The minimum Gasteiger partial charge on any atom is -0.399 e. The summed E-state index contributed by atoms with van der Waals surface area (Å²) in [4.78, 5) is -0.572. The van der Waals surface area contributed by atoms with Crippen LogP contribution in [0.1, 0.15) is 5.56 Å². The van der Waals surface area contributed by atoms with Gasteiger partial charge in [-0.25, -0.2) is 12.8 Å². The van der Waals surface area contributed by atoms with Gasteiger partial charge in [0.1, 0.15) is 12.4 Å². The molecule has 2 N–H and O–H groups in total. The third-order valence-corrected chi connectivity index (χ3v) is 4.34. The minimum absolute atomic E-state index is 0.105. The highest BCUT2D eigenvalue weighted by atomic mass is 32.2. The molecular weight excluding hydrogens is 288 g/mol. The maximum absolute atomic E-state index is 13.4. The predicted octanol–water partition coefficient (Wildman–Crippen LogP) is 1.90. The van der Waals surface area contributed by atoms with Gasteiger partial charge in [0, 0.05) is 18.3 Å². The Labute approximate surface area is 107 Å². The molecule has 0 atom stereocenters. The molecule has 0 spiro atoms. The Morgan fingerprint density at radius 1 is 1.32 bits per heavy atom. The van der Waals surface area contributed by atoms with E-state index in [1.54, 1.807) is 0 Å². The van der Waals surface area contributed by atoms with Gasteiger partial charge in [-0.05, 0) is 19.1 Å². The number of halogens is 4. The summed E-state index contributed by atoms with van der Waals surface area (Å²) in [6.45, 7) is -0.506. The number of benzene rings is 1. The van der Waals surface area contributed by atoms with Gasteiger partial charge in [-0.2, -0.15) is 17.5 Å². The van der Waals surface area contributed by atoms with Crippen molar-refractivity contribution in [2.24, 2.45) is 0 Å². The van der Waals surface area contributed by atoms with Crippen LogP contribution >= 0.6 is 0 Å². The van der Waals surface area contributed by atoms with E-state index in [1.165, 1.54) is 0 Å². The van der Waals surface area contributed by atoms with Crippen LogP contribution in [0.4, 0.5) is 23.2 Å². The summed E-state index contributed by atoms with van der Waals surface area (Å²) in [5.41, 5.74) is 4.85. The van der Waals surface area contributed by atoms with E-state index in [0.717, 1.165) is 26.1 Å². The van der Waals surface area contributed by atoms with Crippen molar-refractivity contribution in [3.8, 4) is 0 Å². The normalized spacial score (nSPS) is 13.0. The lowest BCUT2D eigenvalue weighted by Gasteiger charge is -2.20. The monoisotopic (exact) mass is 300 g/mol. The van der Waals surface area contributed by atoms with Gasteiger partial charge in [-0.15, -0.1) is 0 Å². The number of alkyl halides is 3. The van der Waals surface area contributed by atoms with Crippen molar-refractivity contribution in [3.63, 3.8) is 0 Å². The third-order valence-electron chi connectivity index (χ3n) is 2.41. The molecule has 108 valence electrons. The summed E-state index contributed by atoms with van der Waals surface area (Å²) in [7, 11) is -3.69. The maximum atomic E-state index is 13.4. The molecule has 0 saturated heterocycles. The maximum Gasteiger partial charge on any atom is 0.402 e. The lowest BCUT2D eigenvalue weighted by Crippen LogP contribution is -2.36. The topological polar surface area (TPSA) is 63.4 Å². The summed E-state index contributed by atoms with van der Waals surface area (Å²) in [5, 5.41) is 0. The highest BCUT2D eigenvalue weighted by molar-refractivity contribution is 7.89. The molecule has 0 aliphatic heterocycles. The molecule has 0 aliphatic carbocycles. The van der Waals surface area contributed by atoms with Gasteiger partial charge in [0.05, 0.1) is 4.90 Å². The molecule has 9 heteroatoms. The van der Waals surface area contributed by atoms with Crippen LogP contribution in [0.15, 0.2) is 17.0 Å². The molecule has 0 amide bonds. The molecule has 4 nitrogen and oxygen atoms in total. The van der Waals surface area contributed by atoms with Crippen molar-refractivity contribution in [2.45, 2.75) is 18.0 Å². The van der Waals surface area contributed by atoms with Gasteiger partial charge in [-0.1, -0.05) is 0 Å². The average molecular weight is 300 g/mol. The summed E-state index contributed by atoms with van der Waals surface area (Å²) in [5.74, 6) is -0.890. The Kier molecular flexibility index (Phi) is 4.11. The van der Waals surface area contributed by atoms with E-state index >= 15 is 0 Å². The van der Waals surface area contributed by atoms with Crippen molar-refractivity contribution in [1.82, 2.24) is 4.31 Å². The van der Waals surface area contributed by atoms with Crippen molar-refractivity contribution >= 4 is 15.7 Å². The van der Waals surface area contributed by atoms with Crippen molar-refractivity contribution in [3.05, 3.63) is 23.5 Å². The first-order chi connectivity index (χ1) is 8.45.